The van der Waals surface area contributed by atoms with Gasteiger partial charge in [-0.2, -0.15) is 13.2 Å². The van der Waals surface area contributed by atoms with Gasteiger partial charge in [-0.1, -0.05) is 11.6 Å². The average Bonchev–Trinajstić information content (AvgIpc) is 2.50. The first-order chi connectivity index (χ1) is 11.4. The highest BCUT2D eigenvalue weighted by Crippen LogP contribution is 2.33. The smallest absolute Gasteiger partial charge is 0.321 e. The number of halogens is 4. The van der Waals surface area contributed by atoms with Crippen molar-refractivity contribution >= 4 is 44.6 Å². The molecular weight excluding hydrogens is 387 g/mol. The standard InChI is InChI=1S/C14H7ClF3NO5S/c15-10-6-8(25(23,24)14(16,17)18)2-3-11(10)19-13(22)9-5-7(20)1-4-12(9)21/h1-6H,(H,19,22). The quantitative estimate of drug-likeness (QED) is 0.627. The molecule has 2 rings (SSSR count). The fraction of sp³-hybridized carbons (Fsp3) is 0.0714. The highest BCUT2D eigenvalue weighted by Gasteiger charge is 2.47. The second-order valence-electron chi connectivity index (χ2n) is 4.70. The number of sulfone groups is 1. The summed E-state index contributed by atoms with van der Waals surface area (Å²) in [5, 5.41) is 1.63. The number of amides is 1. The molecule has 0 heterocycles. The molecule has 6 nitrogen and oxygen atoms in total. The second kappa shape index (κ2) is 6.45. The number of benzene rings is 1. The van der Waals surface area contributed by atoms with Gasteiger partial charge in [-0.05, 0) is 30.4 Å². The van der Waals surface area contributed by atoms with Crippen LogP contribution in [-0.4, -0.2) is 31.4 Å². The molecule has 1 aliphatic rings. The van der Waals surface area contributed by atoms with E-state index in [1.807, 2.05) is 0 Å². The molecule has 1 aliphatic carbocycles. The minimum atomic E-state index is -5.60. The van der Waals surface area contributed by atoms with E-state index in [-0.39, 0.29) is 5.69 Å². The average molecular weight is 394 g/mol. The number of rotatable bonds is 3. The van der Waals surface area contributed by atoms with Gasteiger partial charge in [-0.3, -0.25) is 14.4 Å². The largest absolute Gasteiger partial charge is 0.501 e. The van der Waals surface area contributed by atoms with Gasteiger partial charge in [0, 0.05) is 6.08 Å². The highest BCUT2D eigenvalue weighted by atomic mass is 35.5. The lowest BCUT2D eigenvalue weighted by molar-refractivity contribution is -0.119. The van der Waals surface area contributed by atoms with Crippen LogP contribution in [0.1, 0.15) is 0 Å². The molecular formula is C14H7ClF3NO5S. The Morgan fingerprint density at radius 2 is 1.76 bits per heavy atom. The van der Waals surface area contributed by atoms with Crippen LogP contribution < -0.4 is 5.32 Å². The first-order valence-corrected chi connectivity index (χ1v) is 8.20. The lowest BCUT2D eigenvalue weighted by atomic mass is 10.0. The van der Waals surface area contributed by atoms with Gasteiger partial charge in [-0.25, -0.2) is 8.42 Å². The van der Waals surface area contributed by atoms with Crippen molar-refractivity contribution in [3.8, 4) is 0 Å². The SMILES string of the molecule is O=C1C=CC(=O)C(C(=O)Nc2ccc(S(=O)(=O)C(F)(F)F)cc2Cl)=C1. The van der Waals surface area contributed by atoms with E-state index < -0.39 is 48.3 Å². The fourth-order valence-electron chi connectivity index (χ4n) is 1.77. The summed E-state index contributed by atoms with van der Waals surface area (Å²) >= 11 is 5.70. The van der Waals surface area contributed by atoms with E-state index in [0.717, 1.165) is 24.3 Å². The van der Waals surface area contributed by atoms with Crippen LogP contribution in [0.5, 0.6) is 0 Å². The Labute approximate surface area is 143 Å². The molecule has 0 unspecified atom stereocenters. The van der Waals surface area contributed by atoms with Crippen molar-refractivity contribution in [3.63, 3.8) is 0 Å². The Morgan fingerprint density at radius 3 is 2.32 bits per heavy atom. The van der Waals surface area contributed by atoms with Gasteiger partial charge in [0.1, 0.15) is 0 Å². The second-order valence-corrected chi connectivity index (χ2v) is 7.05. The molecule has 0 saturated heterocycles. The Balaban J connectivity index is 2.30. The zero-order valence-electron chi connectivity index (χ0n) is 11.9. The van der Waals surface area contributed by atoms with Crippen molar-refractivity contribution in [2.24, 2.45) is 0 Å². The van der Waals surface area contributed by atoms with Crippen LogP contribution in [0, 0.1) is 0 Å². The maximum atomic E-state index is 12.5. The van der Waals surface area contributed by atoms with Crippen molar-refractivity contribution < 1.29 is 36.0 Å². The summed E-state index contributed by atoms with van der Waals surface area (Å²) < 4.78 is 60.1. The summed E-state index contributed by atoms with van der Waals surface area (Å²) in [5.41, 5.74) is -6.23. The van der Waals surface area contributed by atoms with Gasteiger partial charge in [0.25, 0.3) is 15.7 Å². The van der Waals surface area contributed by atoms with Crippen molar-refractivity contribution in [2.45, 2.75) is 10.4 Å². The minimum absolute atomic E-state index is 0.233. The van der Waals surface area contributed by atoms with Crippen LogP contribution in [0.3, 0.4) is 0 Å². The summed E-state index contributed by atoms with van der Waals surface area (Å²) in [6.45, 7) is 0. The number of allylic oxidation sites excluding steroid dienone is 3. The van der Waals surface area contributed by atoms with E-state index in [0.29, 0.717) is 12.1 Å². The fourth-order valence-corrected chi connectivity index (χ4v) is 2.85. The van der Waals surface area contributed by atoms with Crippen LogP contribution in [0.4, 0.5) is 18.9 Å². The zero-order chi connectivity index (χ0) is 19.0. The van der Waals surface area contributed by atoms with E-state index in [1.165, 1.54) is 0 Å². The normalized spacial score (nSPS) is 15.1. The Hall–Kier alpha value is -2.46. The summed E-state index contributed by atoms with van der Waals surface area (Å²) in [6.07, 6.45) is 2.63. The van der Waals surface area contributed by atoms with E-state index in [9.17, 15) is 36.0 Å². The maximum absolute atomic E-state index is 12.5. The molecule has 0 spiro atoms. The van der Waals surface area contributed by atoms with E-state index in [1.54, 1.807) is 0 Å². The van der Waals surface area contributed by atoms with Gasteiger partial charge in [0.15, 0.2) is 11.6 Å². The molecule has 1 N–H and O–H groups in total. The first-order valence-electron chi connectivity index (χ1n) is 6.34. The zero-order valence-corrected chi connectivity index (χ0v) is 13.5. The van der Waals surface area contributed by atoms with Crippen molar-refractivity contribution in [1.29, 1.82) is 0 Å². The van der Waals surface area contributed by atoms with E-state index in [2.05, 4.69) is 5.32 Å². The molecule has 1 amide bonds. The van der Waals surface area contributed by atoms with Crippen LogP contribution in [0.25, 0.3) is 0 Å². The minimum Gasteiger partial charge on any atom is -0.321 e. The summed E-state index contributed by atoms with van der Waals surface area (Å²) in [6, 6.07) is 1.96. The number of ketones is 2. The molecule has 0 radical (unpaired) electrons. The molecule has 25 heavy (non-hydrogen) atoms. The van der Waals surface area contributed by atoms with Crippen molar-refractivity contribution in [2.75, 3.05) is 5.32 Å². The molecule has 1 aromatic rings. The van der Waals surface area contributed by atoms with Gasteiger partial charge in [0.2, 0.25) is 0 Å². The Kier molecular flexibility index (Phi) is 4.87. The highest BCUT2D eigenvalue weighted by molar-refractivity contribution is 7.92. The molecule has 0 atom stereocenters. The van der Waals surface area contributed by atoms with Crippen LogP contribution >= 0.6 is 11.6 Å². The van der Waals surface area contributed by atoms with Gasteiger partial charge < -0.3 is 5.32 Å². The van der Waals surface area contributed by atoms with Gasteiger partial charge in [-0.15, -0.1) is 0 Å². The van der Waals surface area contributed by atoms with Gasteiger partial charge >= 0.3 is 5.51 Å². The molecule has 0 fully saturated rings. The van der Waals surface area contributed by atoms with Crippen LogP contribution in [0.15, 0.2) is 46.9 Å². The number of alkyl halides is 3. The number of hydrogen-bond donors (Lipinski definition) is 1. The summed E-state index contributed by atoms with van der Waals surface area (Å²) in [4.78, 5) is 33.6. The molecule has 11 heteroatoms. The molecule has 0 aromatic heterocycles. The van der Waals surface area contributed by atoms with Crippen molar-refractivity contribution in [3.05, 3.63) is 47.0 Å². The number of carbonyl (C=O) groups is 3. The van der Waals surface area contributed by atoms with Gasteiger partial charge in [0.05, 0.1) is 21.2 Å². The number of nitrogens with one attached hydrogen (secondary N) is 1. The van der Waals surface area contributed by atoms with E-state index >= 15 is 0 Å². The Bertz CT molecular complexity index is 948. The molecule has 132 valence electrons. The lowest BCUT2D eigenvalue weighted by Crippen LogP contribution is -2.24. The third-order valence-corrected chi connectivity index (χ3v) is 4.80. The predicted octanol–water partition coefficient (Wildman–Crippen LogP) is 2.21. The monoisotopic (exact) mass is 393 g/mol. The number of hydrogen-bond acceptors (Lipinski definition) is 5. The number of carbonyl (C=O) groups excluding carboxylic acids is 3. The molecule has 0 aliphatic heterocycles. The summed E-state index contributed by atoms with van der Waals surface area (Å²) in [7, 11) is -5.60. The maximum Gasteiger partial charge on any atom is 0.501 e. The van der Waals surface area contributed by atoms with E-state index in [4.69, 9.17) is 11.6 Å². The van der Waals surface area contributed by atoms with Crippen LogP contribution in [0.2, 0.25) is 5.02 Å². The van der Waals surface area contributed by atoms with Crippen molar-refractivity contribution in [1.82, 2.24) is 0 Å². The Morgan fingerprint density at radius 1 is 1.12 bits per heavy atom. The molecule has 0 bridgehead atoms. The third kappa shape index (κ3) is 3.80. The third-order valence-electron chi connectivity index (χ3n) is 3.00. The van der Waals surface area contributed by atoms with Crippen LogP contribution in [-0.2, 0) is 24.2 Å². The topological polar surface area (TPSA) is 97.4 Å². The first kappa shape index (κ1) is 18.9. The lowest BCUT2D eigenvalue weighted by Gasteiger charge is -2.12. The predicted molar refractivity (Wildman–Crippen MR) is 80.6 cm³/mol. The number of anilines is 1. The summed E-state index contributed by atoms with van der Waals surface area (Å²) in [5.74, 6) is -2.36. The molecule has 0 saturated carbocycles. The molecule has 1 aromatic carbocycles.